The summed E-state index contributed by atoms with van der Waals surface area (Å²) in [7, 11) is 0. The van der Waals surface area contributed by atoms with Crippen molar-refractivity contribution in [3.05, 3.63) is 24.2 Å². The summed E-state index contributed by atoms with van der Waals surface area (Å²) in [6, 6.07) is 4.73. The zero-order chi connectivity index (χ0) is 14.1. The Morgan fingerprint density at radius 3 is 2.90 bits per heavy atom. The molecule has 2 aromatic heterocycles. The first-order valence-electron chi connectivity index (χ1n) is 8.44. The topological polar surface area (TPSA) is 42.7 Å². The third kappa shape index (κ3) is 2.57. The highest BCUT2D eigenvalue weighted by molar-refractivity contribution is 5.71. The van der Waals surface area contributed by atoms with Gasteiger partial charge in [-0.1, -0.05) is 12.8 Å². The van der Waals surface area contributed by atoms with Crippen LogP contribution in [0.15, 0.2) is 18.3 Å². The Morgan fingerprint density at radius 2 is 2.10 bits per heavy atom. The number of pyridine rings is 1. The summed E-state index contributed by atoms with van der Waals surface area (Å²) < 4.78 is 2.47. The molecular weight excluding hydrogens is 260 g/mol. The van der Waals surface area contributed by atoms with Crippen LogP contribution >= 0.6 is 0 Å². The maximum Gasteiger partial charge on any atom is 0.160 e. The van der Waals surface area contributed by atoms with Gasteiger partial charge < -0.3 is 9.88 Å². The predicted molar refractivity (Wildman–Crippen MR) is 84.3 cm³/mol. The number of piperidine rings is 1. The standard InChI is InChI=1S/C17H24N4/c1-2-7-14(6-1)21-16(11-13-5-3-9-18-12-13)20-15-8-4-10-19-17(15)21/h4,8,10,13-14,18H,1-3,5-7,9,11-12H2. The van der Waals surface area contributed by atoms with Crippen molar-refractivity contribution in [2.75, 3.05) is 13.1 Å². The maximum absolute atomic E-state index is 4.92. The minimum atomic E-state index is 0.622. The number of aromatic nitrogens is 3. The SMILES string of the molecule is c1cnc2c(c1)nc(CC1CCCNC1)n2C1CCCC1. The Labute approximate surface area is 126 Å². The average molecular weight is 284 g/mol. The van der Waals surface area contributed by atoms with Gasteiger partial charge in [-0.05, 0) is 56.8 Å². The molecule has 1 aliphatic carbocycles. The van der Waals surface area contributed by atoms with Crippen LogP contribution in [0.3, 0.4) is 0 Å². The highest BCUT2D eigenvalue weighted by atomic mass is 15.2. The van der Waals surface area contributed by atoms with E-state index in [0.29, 0.717) is 6.04 Å². The van der Waals surface area contributed by atoms with Crippen molar-refractivity contribution in [1.82, 2.24) is 19.9 Å². The predicted octanol–water partition coefficient (Wildman–Crippen LogP) is 3.09. The van der Waals surface area contributed by atoms with E-state index in [0.717, 1.165) is 30.0 Å². The highest BCUT2D eigenvalue weighted by Gasteiger charge is 2.25. The number of hydrogen-bond donors (Lipinski definition) is 1. The third-order valence-electron chi connectivity index (χ3n) is 5.08. The molecule has 1 atom stereocenters. The van der Waals surface area contributed by atoms with E-state index in [-0.39, 0.29) is 0 Å². The second kappa shape index (κ2) is 5.76. The van der Waals surface area contributed by atoms with E-state index in [1.807, 2.05) is 12.3 Å². The van der Waals surface area contributed by atoms with Crippen molar-refractivity contribution < 1.29 is 0 Å². The zero-order valence-electron chi connectivity index (χ0n) is 12.6. The van der Waals surface area contributed by atoms with Gasteiger partial charge in [-0.15, -0.1) is 0 Å². The molecule has 1 saturated heterocycles. The van der Waals surface area contributed by atoms with Gasteiger partial charge >= 0.3 is 0 Å². The van der Waals surface area contributed by atoms with Crippen molar-refractivity contribution in [3.63, 3.8) is 0 Å². The zero-order valence-corrected chi connectivity index (χ0v) is 12.6. The van der Waals surface area contributed by atoms with Crippen molar-refractivity contribution in [2.24, 2.45) is 5.92 Å². The third-order valence-corrected chi connectivity index (χ3v) is 5.08. The van der Waals surface area contributed by atoms with E-state index < -0.39 is 0 Å². The van der Waals surface area contributed by atoms with Crippen LogP contribution in [0, 0.1) is 5.92 Å². The van der Waals surface area contributed by atoms with Gasteiger partial charge in [-0.3, -0.25) is 0 Å². The van der Waals surface area contributed by atoms with Crippen LogP contribution in [0.25, 0.3) is 11.2 Å². The van der Waals surface area contributed by atoms with Crippen LogP contribution in [-0.2, 0) is 6.42 Å². The molecule has 3 heterocycles. The minimum absolute atomic E-state index is 0.622. The fourth-order valence-corrected chi connectivity index (χ4v) is 4.02. The summed E-state index contributed by atoms with van der Waals surface area (Å²) in [5, 5.41) is 3.53. The molecule has 0 bridgehead atoms. The first-order valence-corrected chi connectivity index (χ1v) is 8.44. The molecule has 21 heavy (non-hydrogen) atoms. The van der Waals surface area contributed by atoms with Gasteiger partial charge in [0.1, 0.15) is 11.3 Å². The van der Waals surface area contributed by atoms with Crippen LogP contribution < -0.4 is 5.32 Å². The number of nitrogens with zero attached hydrogens (tertiary/aromatic N) is 3. The van der Waals surface area contributed by atoms with Gasteiger partial charge in [-0.2, -0.15) is 0 Å². The molecule has 1 unspecified atom stereocenters. The van der Waals surface area contributed by atoms with Gasteiger partial charge in [0.2, 0.25) is 0 Å². The molecule has 4 rings (SSSR count). The number of nitrogens with one attached hydrogen (secondary N) is 1. The van der Waals surface area contributed by atoms with Crippen molar-refractivity contribution >= 4 is 11.2 Å². The first kappa shape index (κ1) is 13.3. The average Bonchev–Trinajstić information content (AvgIpc) is 3.14. The quantitative estimate of drug-likeness (QED) is 0.942. The Bertz CT molecular complexity index is 606. The maximum atomic E-state index is 4.92. The second-order valence-corrected chi connectivity index (χ2v) is 6.60. The van der Waals surface area contributed by atoms with Gasteiger partial charge in [-0.25, -0.2) is 9.97 Å². The van der Waals surface area contributed by atoms with Gasteiger partial charge in [0, 0.05) is 18.7 Å². The highest BCUT2D eigenvalue weighted by Crippen LogP contribution is 2.34. The number of hydrogen-bond acceptors (Lipinski definition) is 3. The van der Waals surface area contributed by atoms with Crippen LogP contribution in [0.2, 0.25) is 0 Å². The molecule has 2 aliphatic rings. The molecule has 0 aromatic carbocycles. The Kier molecular flexibility index (Phi) is 3.63. The van der Waals surface area contributed by atoms with E-state index in [1.165, 1.54) is 50.9 Å². The second-order valence-electron chi connectivity index (χ2n) is 6.60. The lowest BCUT2D eigenvalue weighted by molar-refractivity contribution is 0.361. The van der Waals surface area contributed by atoms with Crippen LogP contribution in [-0.4, -0.2) is 27.6 Å². The summed E-state index contributed by atoms with van der Waals surface area (Å²) in [5.74, 6) is 2.00. The Hall–Kier alpha value is -1.42. The summed E-state index contributed by atoms with van der Waals surface area (Å²) in [6.45, 7) is 2.32. The van der Waals surface area contributed by atoms with Crippen molar-refractivity contribution in [1.29, 1.82) is 0 Å². The number of fused-ring (bicyclic) bond motifs is 1. The van der Waals surface area contributed by atoms with E-state index in [9.17, 15) is 0 Å². The van der Waals surface area contributed by atoms with E-state index in [4.69, 9.17) is 4.98 Å². The molecule has 0 amide bonds. The fraction of sp³-hybridized carbons (Fsp3) is 0.647. The summed E-state index contributed by atoms with van der Waals surface area (Å²) in [5.41, 5.74) is 2.17. The molecule has 2 fully saturated rings. The summed E-state index contributed by atoms with van der Waals surface area (Å²) in [4.78, 5) is 9.55. The van der Waals surface area contributed by atoms with Crippen molar-refractivity contribution in [2.45, 2.75) is 51.0 Å². The fourth-order valence-electron chi connectivity index (χ4n) is 4.02. The van der Waals surface area contributed by atoms with Crippen LogP contribution in [0.5, 0.6) is 0 Å². The lowest BCUT2D eigenvalue weighted by Gasteiger charge is -2.24. The van der Waals surface area contributed by atoms with E-state index in [2.05, 4.69) is 20.9 Å². The van der Waals surface area contributed by atoms with E-state index >= 15 is 0 Å². The van der Waals surface area contributed by atoms with Crippen LogP contribution in [0.1, 0.15) is 50.4 Å². The molecule has 0 spiro atoms. The van der Waals surface area contributed by atoms with Crippen molar-refractivity contribution in [3.8, 4) is 0 Å². The molecule has 0 radical (unpaired) electrons. The number of rotatable bonds is 3. The normalized spacial score (nSPS) is 23.9. The lowest BCUT2D eigenvalue weighted by atomic mass is 9.96. The molecule has 2 aromatic rings. The van der Waals surface area contributed by atoms with Gasteiger partial charge in [0.25, 0.3) is 0 Å². The van der Waals surface area contributed by atoms with Gasteiger partial charge in [0.05, 0.1) is 0 Å². The smallest absolute Gasteiger partial charge is 0.160 e. The monoisotopic (exact) mass is 284 g/mol. The molecule has 4 nitrogen and oxygen atoms in total. The van der Waals surface area contributed by atoms with E-state index in [1.54, 1.807) is 0 Å². The van der Waals surface area contributed by atoms with Gasteiger partial charge in [0.15, 0.2) is 5.65 Å². The Balaban J connectivity index is 1.70. The molecule has 1 saturated carbocycles. The molecule has 1 aliphatic heterocycles. The summed E-state index contributed by atoms with van der Waals surface area (Å²) >= 11 is 0. The lowest BCUT2D eigenvalue weighted by Crippen LogP contribution is -2.31. The molecule has 4 heteroatoms. The largest absolute Gasteiger partial charge is 0.316 e. The summed E-state index contributed by atoms with van der Waals surface area (Å²) in [6.07, 6.45) is 10.9. The molecule has 1 N–H and O–H groups in total. The minimum Gasteiger partial charge on any atom is -0.316 e. The molecule has 112 valence electrons. The van der Waals surface area contributed by atoms with Crippen LogP contribution in [0.4, 0.5) is 0 Å². The molecular formula is C17H24N4. The number of imidazole rings is 1. The Morgan fingerprint density at radius 1 is 1.19 bits per heavy atom. The first-order chi connectivity index (χ1) is 10.4.